The van der Waals surface area contributed by atoms with Crippen LogP contribution in [-0.2, 0) is 9.59 Å². The summed E-state index contributed by atoms with van der Waals surface area (Å²) in [6.45, 7) is 2.54. The van der Waals surface area contributed by atoms with Crippen molar-refractivity contribution in [3.8, 4) is 44.6 Å². The first-order chi connectivity index (χ1) is 26.8. The predicted molar refractivity (Wildman–Crippen MR) is 223 cm³/mol. The van der Waals surface area contributed by atoms with E-state index in [-0.39, 0.29) is 11.8 Å². The van der Waals surface area contributed by atoms with Gasteiger partial charge in [0.1, 0.15) is 11.5 Å². The van der Waals surface area contributed by atoms with E-state index in [0.717, 1.165) is 66.7 Å². The van der Waals surface area contributed by atoms with Gasteiger partial charge in [0, 0.05) is 49.1 Å². The van der Waals surface area contributed by atoms with E-state index < -0.39 is 0 Å². The van der Waals surface area contributed by atoms with Crippen LogP contribution in [0.15, 0.2) is 115 Å². The average Bonchev–Trinajstić information content (AvgIpc) is 3.93. The maximum atomic E-state index is 12.6. The molecule has 1 aromatic heterocycles. The van der Waals surface area contributed by atoms with Crippen LogP contribution in [0.4, 0.5) is 11.4 Å². The van der Waals surface area contributed by atoms with Gasteiger partial charge in [-0.2, -0.15) is 0 Å². The summed E-state index contributed by atoms with van der Waals surface area (Å²) in [6.07, 6.45) is 3.78. The van der Waals surface area contributed by atoms with Crippen LogP contribution in [0.5, 0.6) is 23.0 Å². The highest BCUT2D eigenvalue weighted by Crippen LogP contribution is 2.41. The van der Waals surface area contributed by atoms with Gasteiger partial charge in [-0.25, -0.2) is 0 Å². The molecule has 0 spiro atoms. The van der Waals surface area contributed by atoms with E-state index in [2.05, 4.69) is 16.7 Å². The lowest BCUT2D eigenvalue weighted by atomic mass is 9.95. The maximum absolute atomic E-state index is 12.6. The molecule has 2 aliphatic heterocycles. The van der Waals surface area contributed by atoms with E-state index in [9.17, 15) is 9.59 Å². The lowest BCUT2D eigenvalue weighted by Crippen LogP contribution is -2.03. The summed E-state index contributed by atoms with van der Waals surface area (Å²) in [5.74, 6) is 2.57. The zero-order chi connectivity index (χ0) is 38.5. The van der Waals surface area contributed by atoms with E-state index in [0.29, 0.717) is 34.3 Å². The second kappa shape index (κ2) is 16.4. The normalized spacial score (nSPS) is 14.1. The molecule has 6 aromatic rings. The molecular weight excluding hydrogens is 732 g/mol. The summed E-state index contributed by atoms with van der Waals surface area (Å²) in [5.41, 5.74) is 9.19. The minimum atomic E-state index is -0.125. The molecule has 0 atom stereocenters. The largest absolute Gasteiger partial charge is 0.496 e. The molecule has 0 saturated carbocycles. The lowest BCUT2D eigenvalue weighted by molar-refractivity contribution is -0.111. The molecule has 0 unspecified atom stereocenters. The van der Waals surface area contributed by atoms with Crippen LogP contribution in [-0.4, -0.2) is 39.8 Å². The van der Waals surface area contributed by atoms with E-state index in [1.165, 1.54) is 0 Å². The molecule has 10 heteroatoms. The number of carbonyl (C=O) groups is 2. The fourth-order valence-electron chi connectivity index (χ4n) is 6.53. The summed E-state index contributed by atoms with van der Waals surface area (Å²) < 4.78 is 22.2. The average molecular weight is 769 g/mol. The number of halogens is 1. The number of ether oxygens (including phenoxy) is 4. The van der Waals surface area contributed by atoms with Crippen LogP contribution >= 0.6 is 22.9 Å². The van der Waals surface area contributed by atoms with Gasteiger partial charge < -0.3 is 29.6 Å². The van der Waals surface area contributed by atoms with Gasteiger partial charge in [-0.3, -0.25) is 9.59 Å². The molecule has 2 amide bonds. The molecule has 3 heterocycles. The third-order valence-electron chi connectivity index (χ3n) is 9.11. The SMILES string of the molecule is CCOc1cccc(-c2cc(OC)c(OC)cc2C=C2C(=O)Nc3ccccc32)c1.COc1ccc(C=C2C(=O)Nc3ccc(Cl)cc32)cc1-c1cccs1. The second-order valence-electron chi connectivity index (χ2n) is 12.5. The van der Waals surface area contributed by atoms with Crippen molar-refractivity contribution in [3.05, 3.63) is 142 Å². The molecule has 0 radical (unpaired) electrons. The number of fused-ring (bicyclic) bond motifs is 2. The maximum Gasteiger partial charge on any atom is 0.256 e. The number of hydrogen-bond donors (Lipinski definition) is 2. The van der Waals surface area contributed by atoms with Crippen LogP contribution < -0.4 is 29.6 Å². The molecular formula is C45H37ClN2O6S. The fourth-order valence-corrected chi connectivity index (χ4v) is 7.45. The fraction of sp³-hybridized carbons (Fsp3) is 0.111. The van der Waals surface area contributed by atoms with Crippen LogP contribution in [0, 0.1) is 0 Å². The molecule has 0 bridgehead atoms. The third kappa shape index (κ3) is 7.85. The first-order valence-corrected chi connectivity index (χ1v) is 18.7. The van der Waals surface area contributed by atoms with Crippen molar-refractivity contribution in [2.45, 2.75) is 6.92 Å². The van der Waals surface area contributed by atoms with E-state index in [1.807, 2.05) is 122 Å². The van der Waals surface area contributed by atoms with Crippen molar-refractivity contribution in [1.29, 1.82) is 0 Å². The summed E-state index contributed by atoms with van der Waals surface area (Å²) in [4.78, 5) is 26.1. The summed E-state index contributed by atoms with van der Waals surface area (Å²) >= 11 is 7.74. The van der Waals surface area contributed by atoms with Crippen LogP contribution in [0.25, 0.3) is 44.9 Å². The summed E-state index contributed by atoms with van der Waals surface area (Å²) in [5, 5.41) is 8.43. The van der Waals surface area contributed by atoms with Gasteiger partial charge in [0.05, 0.1) is 27.9 Å². The highest BCUT2D eigenvalue weighted by molar-refractivity contribution is 7.13. The number of rotatable bonds is 9. The van der Waals surface area contributed by atoms with E-state index in [1.54, 1.807) is 38.7 Å². The lowest BCUT2D eigenvalue weighted by Gasteiger charge is -2.15. The van der Waals surface area contributed by atoms with E-state index in [4.69, 9.17) is 30.5 Å². The number of nitrogens with one attached hydrogen (secondary N) is 2. The number of amides is 2. The van der Waals surface area contributed by atoms with Crippen molar-refractivity contribution >= 4 is 69.4 Å². The van der Waals surface area contributed by atoms with Crippen molar-refractivity contribution in [3.63, 3.8) is 0 Å². The first kappa shape index (κ1) is 37.0. The molecule has 276 valence electrons. The van der Waals surface area contributed by atoms with Gasteiger partial charge >= 0.3 is 0 Å². The minimum absolute atomic E-state index is 0.120. The number of para-hydroxylation sites is 1. The second-order valence-corrected chi connectivity index (χ2v) is 13.8. The zero-order valence-corrected chi connectivity index (χ0v) is 32.1. The molecule has 5 aromatic carbocycles. The number of carbonyl (C=O) groups excluding carboxylic acids is 2. The predicted octanol–water partition coefficient (Wildman–Crippen LogP) is 10.8. The Morgan fingerprint density at radius 2 is 1.36 bits per heavy atom. The van der Waals surface area contributed by atoms with Gasteiger partial charge in [-0.05, 0) is 113 Å². The van der Waals surface area contributed by atoms with Gasteiger partial charge in [0.25, 0.3) is 11.8 Å². The Morgan fingerprint density at radius 1 is 0.636 bits per heavy atom. The Hall–Kier alpha value is -6.29. The minimum Gasteiger partial charge on any atom is -0.496 e. The van der Waals surface area contributed by atoms with Crippen LogP contribution in [0.3, 0.4) is 0 Å². The smallest absolute Gasteiger partial charge is 0.256 e. The van der Waals surface area contributed by atoms with Crippen molar-refractivity contribution in [2.24, 2.45) is 0 Å². The number of anilines is 2. The topological polar surface area (TPSA) is 95.1 Å². The van der Waals surface area contributed by atoms with Gasteiger partial charge in [-0.1, -0.05) is 54.1 Å². The number of methoxy groups -OCH3 is 3. The molecule has 55 heavy (non-hydrogen) atoms. The Kier molecular flexibility index (Phi) is 11.0. The number of benzene rings is 5. The molecule has 0 fully saturated rings. The standard InChI is InChI=1S/C25H23NO4.C20H14ClNO2S/c1-4-30-18-9-7-8-16(12-18)20-15-24(29-3)23(28-2)14-17(20)13-21-19-10-5-6-11-22(19)26-25(21)27;1-24-18-7-4-12(10-16(18)19-3-2-8-25-19)9-15-14-11-13(21)5-6-17(14)22-20(15)23/h5-15H,4H2,1-3H3,(H,26,27);2-11H,1H3,(H,22,23). The zero-order valence-electron chi connectivity index (χ0n) is 30.6. The Morgan fingerprint density at radius 3 is 2.09 bits per heavy atom. The highest BCUT2D eigenvalue weighted by atomic mass is 35.5. The van der Waals surface area contributed by atoms with Crippen LogP contribution in [0.2, 0.25) is 5.02 Å². The molecule has 8 nitrogen and oxygen atoms in total. The summed E-state index contributed by atoms with van der Waals surface area (Å²) in [6, 6.07) is 34.7. The first-order valence-electron chi connectivity index (χ1n) is 17.5. The van der Waals surface area contributed by atoms with Crippen LogP contribution in [0.1, 0.15) is 29.2 Å². The van der Waals surface area contributed by atoms with Gasteiger partial charge in [0.15, 0.2) is 11.5 Å². The molecule has 0 saturated heterocycles. The summed E-state index contributed by atoms with van der Waals surface area (Å²) in [7, 11) is 4.87. The Bertz CT molecular complexity index is 2470. The Labute approximate surface area is 328 Å². The monoisotopic (exact) mass is 768 g/mol. The van der Waals surface area contributed by atoms with Crippen molar-refractivity contribution in [1.82, 2.24) is 0 Å². The number of hydrogen-bond acceptors (Lipinski definition) is 7. The van der Waals surface area contributed by atoms with Crippen molar-refractivity contribution in [2.75, 3.05) is 38.6 Å². The number of thiophene rings is 1. The van der Waals surface area contributed by atoms with Gasteiger partial charge in [-0.15, -0.1) is 11.3 Å². The molecule has 2 aliphatic rings. The van der Waals surface area contributed by atoms with E-state index >= 15 is 0 Å². The third-order valence-corrected chi connectivity index (χ3v) is 10.2. The molecule has 2 N–H and O–H groups in total. The van der Waals surface area contributed by atoms with Gasteiger partial charge in [0.2, 0.25) is 0 Å². The molecule has 0 aliphatic carbocycles. The van der Waals surface area contributed by atoms with Crippen molar-refractivity contribution < 1.29 is 28.5 Å². The highest BCUT2D eigenvalue weighted by Gasteiger charge is 2.26. The molecule has 8 rings (SSSR count). The quantitative estimate of drug-likeness (QED) is 0.142. The Balaban J connectivity index is 0.000000172.